The van der Waals surface area contributed by atoms with Crippen molar-refractivity contribution in [2.45, 2.75) is 4.90 Å². The number of thioether (sulfide) groups is 1. The van der Waals surface area contributed by atoms with Gasteiger partial charge in [0.15, 0.2) is 0 Å². The summed E-state index contributed by atoms with van der Waals surface area (Å²) in [6.07, 6.45) is 3.39. The van der Waals surface area contributed by atoms with Crippen molar-refractivity contribution >= 4 is 29.3 Å². The SMILES string of the molecule is C=CCNC(=O)c1ccccc1NC(=O)c1ccccc1SCC=C. The first-order valence-electron chi connectivity index (χ1n) is 7.79. The molecule has 0 aliphatic carbocycles. The Hall–Kier alpha value is -2.79. The van der Waals surface area contributed by atoms with E-state index in [4.69, 9.17) is 0 Å². The summed E-state index contributed by atoms with van der Waals surface area (Å²) in [6.45, 7) is 7.64. The fourth-order valence-corrected chi connectivity index (χ4v) is 2.96. The molecular formula is C20H20N2O2S. The van der Waals surface area contributed by atoms with Crippen LogP contribution in [0.2, 0.25) is 0 Å². The first-order valence-corrected chi connectivity index (χ1v) is 8.78. The second-order valence-electron chi connectivity index (χ2n) is 5.09. The van der Waals surface area contributed by atoms with Gasteiger partial charge in [0, 0.05) is 17.2 Å². The van der Waals surface area contributed by atoms with E-state index in [-0.39, 0.29) is 11.8 Å². The van der Waals surface area contributed by atoms with Gasteiger partial charge in [0.05, 0.1) is 16.8 Å². The molecule has 0 aliphatic rings. The van der Waals surface area contributed by atoms with Crippen molar-refractivity contribution < 1.29 is 9.59 Å². The van der Waals surface area contributed by atoms with Gasteiger partial charge in [-0.2, -0.15) is 0 Å². The number of rotatable bonds is 8. The summed E-state index contributed by atoms with van der Waals surface area (Å²) >= 11 is 1.54. The number of carbonyl (C=O) groups is 2. The van der Waals surface area contributed by atoms with Crippen molar-refractivity contribution in [2.24, 2.45) is 0 Å². The van der Waals surface area contributed by atoms with Crippen molar-refractivity contribution in [1.82, 2.24) is 5.32 Å². The monoisotopic (exact) mass is 352 g/mol. The van der Waals surface area contributed by atoms with Gasteiger partial charge in [-0.15, -0.1) is 24.9 Å². The minimum atomic E-state index is -0.259. The van der Waals surface area contributed by atoms with Gasteiger partial charge in [-0.05, 0) is 24.3 Å². The zero-order chi connectivity index (χ0) is 18.1. The van der Waals surface area contributed by atoms with Crippen LogP contribution in [0.15, 0.2) is 78.7 Å². The molecule has 0 atom stereocenters. The van der Waals surface area contributed by atoms with Gasteiger partial charge in [-0.1, -0.05) is 36.4 Å². The number of hydrogen-bond acceptors (Lipinski definition) is 3. The van der Waals surface area contributed by atoms with E-state index in [1.165, 1.54) is 11.8 Å². The Morgan fingerprint density at radius 2 is 1.60 bits per heavy atom. The smallest absolute Gasteiger partial charge is 0.256 e. The van der Waals surface area contributed by atoms with Crippen molar-refractivity contribution in [2.75, 3.05) is 17.6 Å². The number of carbonyl (C=O) groups excluding carboxylic acids is 2. The molecule has 0 radical (unpaired) electrons. The Kier molecular flexibility index (Phi) is 7.04. The van der Waals surface area contributed by atoms with Crippen LogP contribution in [0.25, 0.3) is 0 Å². The third-order valence-corrected chi connectivity index (χ3v) is 4.38. The molecule has 5 heteroatoms. The third kappa shape index (κ3) is 5.09. The Balaban J connectivity index is 2.23. The van der Waals surface area contributed by atoms with Crippen LogP contribution in [0.3, 0.4) is 0 Å². The highest BCUT2D eigenvalue weighted by molar-refractivity contribution is 7.99. The van der Waals surface area contributed by atoms with Crippen LogP contribution in [0.1, 0.15) is 20.7 Å². The van der Waals surface area contributed by atoms with Gasteiger partial charge in [-0.25, -0.2) is 0 Å². The van der Waals surface area contributed by atoms with Crippen molar-refractivity contribution in [3.8, 4) is 0 Å². The number of benzene rings is 2. The van der Waals surface area contributed by atoms with Crippen LogP contribution >= 0.6 is 11.8 Å². The summed E-state index contributed by atoms with van der Waals surface area (Å²) in [6, 6.07) is 14.3. The average molecular weight is 352 g/mol. The van der Waals surface area contributed by atoms with Gasteiger partial charge >= 0.3 is 0 Å². The highest BCUT2D eigenvalue weighted by Crippen LogP contribution is 2.24. The second kappa shape index (κ2) is 9.49. The van der Waals surface area contributed by atoms with E-state index in [1.54, 1.807) is 42.5 Å². The first-order chi connectivity index (χ1) is 12.2. The molecule has 25 heavy (non-hydrogen) atoms. The van der Waals surface area contributed by atoms with Crippen LogP contribution in [0.4, 0.5) is 5.69 Å². The lowest BCUT2D eigenvalue weighted by Gasteiger charge is -2.12. The second-order valence-corrected chi connectivity index (χ2v) is 6.16. The minimum absolute atomic E-state index is 0.254. The Morgan fingerprint density at radius 3 is 2.32 bits per heavy atom. The lowest BCUT2D eigenvalue weighted by atomic mass is 10.1. The number of amides is 2. The molecule has 0 saturated carbocycles. The van der Waals surface area contributed by atoms with E-state index in [0.717, 1.165) is 4.90 Å². The molecule has 0 unspecified atom stereocenters. The fourth-order valence-electron chi connectivity index (χ4n) is 2.17. The fraction of sp³-hybridized carbons (Fsp3) is 0.100. The molecule has 2 N–H and O–H groups in total. The summed E-state index contributed by atoms with van der Waals surface area (Å²) in [7, 11) is 0. The van der Waals surface area contributed by atoms with Gasteiger partial charge in [0.1, 0.15) is 0 Å². The summed E-state index contributed by atoms with van der Waals surface area (Å²) in [4.78, 5) is 25.8. The predicted octanol–water partition coefficient (Wildman–Crippen LogP) is 4.13. The van der Waals surface area contributed by atoms with Crippen molar-refractivity contribution in [3.63, 3.8) is 0 Å². The van der Waals surface area contributed by atoms with E-state index < -0.39 is 0 Å². The maximum atomic E-state index is 12.7. The van der Waals surface area contributed by atoms with Crippen LogP contribution in [0.5, 0.6) is 0 Å². The standard InChI is InChI=1S/C20H20N2O2S/c1-3-13-21-19(23)15-9-5-7-11-17(15)22-20(24)16-10-6-8-12-18(16)25-14-4-2/h3-12H,1-2,13-14H2,(H,21,23)(H,22,24). The molecule has 2 rings (SSSR count). The summed E-state index contributed by atoms with van der Waals surface area (Å²) < 4.78 is 0. The first kappa shape index (κ1) is 18.5. The molecule has 0 bridgehead atoms. The molecule has 0 spiro atoms. The van der Waals surface area contributed by atoms with E-state index >= 15 is 0 Å². The van der Waals surface area contributed by atoms with E-state index in [1.807, 2.05) is 18.2 Å². The lowest BCUT2D eigenvalue weighted by molar-refractivity contribution is 0.0959. The molecule has 0 fully saturated rings. The molecule has 0 aliphatic heterocycles. The molecule has 2 aromatic carbocycles. The summed E-state index contributed by atoms with van der Waals surface area (Å²) in [5.41, 5.74) is 1.45. The van der Waals surface area contributed by atoms with Crippen LogP contribution in [-0.2, 0) is 0 Å². The largest absolute Gasteiger partial charge is 0.349 e. The Morgan fingerprint density at radius 1 is 0.920 bits per heavy atom. The summed E-state index contributed by atoms with van der Waals surface area (Å²) in [5.74, 6) is 0.200. The molecule has 0 aromatic heterocycles. The maximum Gasteiger partial charge on any atom is 0.256 e. The number of anilines is 1. The normalized spacial score (nSPS) is 9.92. The molecule has 128 valence electrons. The van der Waals surface area contributed by atoms with Gasteiger partial charge in [0.2, 0.25) is 0 Å². The van der Waals surface area contributed by atoms with Crippen LogP contribution < -0.4 is 10.6 Å². The van der Waals surface area contributed by atoms with Gasteiger partial charge < -0.3 is 10.6 Å². The molecular weight excluding hydrogens is 332 g/mol. The molecule has 2 aromatic rings. The highest BCUT2D eigenvalue weighted by atomic mass is 32.2. The van der Waals surface area contributed by atoms with Gasteiger partial charge in [-0.3, -0.25) is 9.59 Å². The van der Waals surface area contributed by atoms with E-state index in [2.05, 4.69) is 23.8 Å². The lowest BCUT2D eigenvalue weighted by Crippen LogP contribution is -2.25. The Bertz CT molecular complexity index is 787. The minimum Gasteiger partial charge on any atom is -0.349 e. The zero-order valence-electron chi connectivity index (χ0n) is 13.8. The molecule has 0 heterocycles. The zero-order valence-corrected chi connectivity index (χ0v) is 14.6. The molecule has 0 saturated heterocycles. The number of para-hydroxylation sites is 1. The molecule has 2 amide bonds. The highest BCUT2D eigenvalue weighted by Gasteiger charge is 2.15. The Labute approximate surface area is 152 Å². The number of nitrogens with one attached hydrogen (secondary N) is 2. The average Bonchev–Trinajstić information content (AvgIpc) is 2.65. The number of hydrogen-bond donors (Lipinski definition) is 2. The van der Waals surface area contributed by atoms with E-state index in [9.17, 15) is 9.59 Å². The third-order valence-electron chi connectivity index (χ3n) is 3.32. The topological polar surface area (TPSA) is 58.2 Å². The molecule has 4 nitrogen and oxygen atoms in total. The summed E-state index contributed by atoms with van der Waals surface area (Å²) in [5, 5.41) is 5.55. The van der Waals surface area contributed by atoms with Gasteiger partial charge in [0.25, 0.3) is 11.8 Å². The van der Waals surface area contributed by atoms with E-state index in [0.29, 0.717) is 29.1 Å². The van der Waals surface area contributed by atoms with Crippen LogP contribution in [-0.4, -0.2) is 24.1 Å². The maximum absolute atomic E-state index is 12.7. The quantitative estimate of drug-likeness (QED) is 0.555. The van der Waals surface area contributed by atoms with Crippen molar-refractivity contribution in [1.29, 1.82) is 0 Å². The van der Waals surface area contributed by atoms with Crippen LogP contribution in [0, 0.1) is 0 Å². The van der Waals surface area contributed by atoms with Crippen molar-refractivity contribution in [3.05, 3.63) is 85.0 Å². The predicted molar refractivity (Wildman–Crippen MR) is 104 cm³/mol.